The first-order valence-electron chi connectivity index (χ1n) is 9.66. The normalized spacial score (nSPS) is 17.6. The highest BCUT2D eigenvalue weighted by molar-refractivity contribution is 5.94. The van der Waals surface area contributed by atoms with Crippen LogP contribution in [0, 0.1) is 0 Å². The molecule has 2 aromatic rings. The van der Waals surface area contributed by atoms with Gasteiger partial charge < -0.3 is 10.2 Å². The number of nitrogens with one attached hydrogen (secondary N) is 1. The topological polar surface area (TPSA) is 66.3 Å². The Balaban J connectivity index is 1.86. The lowest BCUT2D eigenvalue weighted by atomic mass is 10.0. The number of dihydropyridines is 1. The zero-order valence-electron chi connectivity index (χ0n) is 15.4. The largest absolute Gasteiger partial charge is 0.353 e. The number of rotatable bonds is 5. The third kappa shape index (κ3) is 3.46. The molecule has 2 aromatic heterocycles. The van der Waals surface area contributed by atoms with E-state index in [1.165, 1.54) is 17.4 Å². The summed E-state index contributed by atoms with van der Waals surface area (Å²) < 4.78 is 0. The molecule has 0 spiro atoms. The lowest BCUT2D eigenvalue weighted by Gasteiger charge is -2.30. The van der Waals surface area contributed by atoms with E-state index >= 15 is 0 Å². The maximum Gasteiger partial charge on any atom is 0.158 e. The van der Waals surface area contributed by atoms with Crippen LogP contribution < -0.4 is 10.2 Å². The molecule has 1 fully saturated rings. The summed E-state index contributed by atoms with van der Waals surface area (Å²) in [7, 11) is 0. The SMILES string of the molecule is CCCCc1cncc2nc(C3=CC=NCC3)nc(N3CCNCC3)c12. The third-order valence-corrected chi connectivity index (χ3v) is 5.06. The van der Waals surface area contributed by atoms with Gasteiger partial charge in [-0.1, -0.05) is 13.3 Å². The highest BCUT2D eigenvalue weighted by Gasteiger charge is 2.20. The Labute approximate surface area is 154 Å². The Morgan fingerprint density at radius 2 is 2.04 bits per heavy atom. The monoisotopic (exact) mass is 350 g/mol. The molecular formula is C20H26N6. The Bertz CT molecular complexity index is 836. The van der Waals surface area contributed by atoms with Gasteiger partial charge in [0.15, 0.2) is 5.82 Å². The van der Waals surface area contributed by atoms with Crippen LogP contribution in [0.25, 0.3) is 16.5 Å². The molecule has 4 heterocycles. The predicted molar refractivity (Wildman–Crippen MR) is 107 cm³/mol. The Morgan fingerprint density at radius 1 is 1.15 bits per heavy atom. The summed E-state index contributed by atoms with van der Waals surface area (Å²) in [6.07, 6.45) is 12.0. The maximum absolute atomic E-state index is 5.05. The number of aromatic nitrogens is 3. The minimum Gasteiger partial charge on any atom is -0.353 e. The molecule has 2 aliphatic rings. The predicted octanol–water partition coefficient (Wildman–Crippen LogP) is 2.63. The van der Waals surface area contributed by atoms with Gasteiger partial charge in [0.1, 0.15) is 5.82 Å². The molecule has 0 aromatic carbocycles. The lowest BCUT2D eigenvalue weighted by Crippen LogP contribution is -2.44. The summed E-state index contributed by atoms with van der Waals surface area (Å²) in [6, 6.07) is 0. The van der Waals surface area contributed by atoms with Crippen LogP contribution in [-0.2, 0) is 6.42 Å². The smallest absolute Gasteiger partial charge is 0.158 e. The summed E-state index contributed by atoms with van der Waals surface area (Å²) in [5.74, 6) is 1.90. The van der Waals surface area contributed by atoms with Crippen LogP contribution in [-0.4, -0.2) is 53.9 Å². The maximum atomic E-state index is 5.05. The average molecular weight is 350 g/mol. The fraction of sp³-hybridized carbons (Fsp3) is 0.500. The number of pyridine rings is 1. The molecule has 0 aliphatic carbocycles. The first kappa shape index (κ1) is 17.1. The molecule has 0 bridgehead atoms. The van der Waals surface area contributed by atoms with Crippen LogP contribution in [0.5, 0.6) is 0 Å². The molecule has 2 aliphatic heterocycles. The minimum absolute atomic E-state index is 0.811. The second kappa shape index (κ2) is 7.91. The van der Waals surface area contributed by atoms with Gasteiger partial charge in [-0.05, 0) is 30.9 Å². The van der Waals surface area contributed by atoms with Crippen LogP contribution >= 0.6 is 0 Å². The summed E-state index contributed by atoms with van der Waals surface area (Å²) in [6.45, 7) is 6.97. The van der Waals surface area contributed by atoms with Crippen LogP contribution in [0.15, 0.2) is 23.5 Å². The molecule has 1 saturated heterocycles. The number of piperazine rings is 1. The van der Waals surface area contributed by atoms with Crippen molar-refractivity contribution in [3.05, 3.63) is 29.9 Å². The standard InChI is InChI=1S/C20H26N6/c1-2-3-4-16-13-23-14-17-18(16)20(26-11-9-22-10-12-26)25-19(24-17)15-5-7-21-8-6-15/h5,7,13-14,22H,2-4,6,8-12H2,1H3. The second-order valence-corrected chi connectivity index (χ2v) is 6.90. The second-order valence-electron chi connectivity index (χ2n) is 6.90. The summed E-state index contributed by atoms with van der Waals surface area (Å²) >= 11 is 0. The fourth-order valence-electron chi connectivity index (χ4n) is 3.61. The van der Waals surface area contributed by atoms with Crippen molar-refractivity contribution in [2.24, 2.45) is 4.99 Å². The molecule has 136 valence electrons. The van der Waals surface area contributed by atoms with Crippen molar-refractivity contribution in [3.8, 4) is 0 Å². The van der Waals surface area contributed by atoms with Crippen molar-refractivity contribution >= 4 is 28.5 Å². The number of hydrogen-bond acceptors (Lipinski definition) is 6. The molecule has 0 saturated carbocycles. The molecule has 0 radical (unpaired) electrons. The van der Waals surface area contributed by atoms with E-state index in [2.05, 4.69) is 27.1 Å². The van der Waals surface area contributed by atoms with Crippen LogP contribution in [0.2, 0.25) is 0 Å². The molecular weight excluding hydrogens is 324 g/mol. The molecule has 4 rings (SSSR count). The molecule has 0 atom stereocenters. The van der Waals surface area contributed by atoms with Crippen LogP contribution in [0.3, 0.4) is 0 Å². The zero-order chi connectivity index (χ0) is 17.8. The van der Waals surface area contributed by atoms with E-state index in [0.29, 0.717) is 0 Å². The van der Waals surface area contributed by atoms with Gasteiger partial charge in [-0.3, -0.25) is 9.98 Å². The quantitative estimate of drug-likeness (QED) is 0.898. The van der Waals surface area contributed by atoms with E-state index in [1.54, 1.807) is 0 Å². The van der Waals surface area contributed by atoms with Gasteiger partial charge in [-0.15, -0.1) is 0 Å². The van der Waals surface area contributed by atoms with Gasteiger partial charge in [0.25, 0.3) is 0 Å². The van der Waals surface area contributed by atoms with Gasteiger partial charge in [0.05, 0.1) is 11.7 Å². The molecule has 0 amide bonds. The molecule has 1 N–H and O–H groups in total. The van der Waals surface area contributed by atoms with Gasteiger partial charge in [-0.25, -0.2) is 9.97 Å². The first-order chi connectivity index (χ1) is 12.9. The van der Waals surface area contributed by atoms with E-state index in [-0.39, 0.29) is 0 Å². The van der Waals surface area contributed by atoms with Crippen molar-refractivity contribution in [1.29, 1.82) is 0 Å². The van der Waals surface area contributed by atoms with E-state index in [9.17, 15) is 0 Å². The third-order valence-electron chi connectivity index (χ3n) is 5.06. The lowest BCUT2D eigenvalue weighted by molar-refractivity contribution is 0.585. The number of hydrogen-bond donors (Lipinski definition) is 1. The number of allylic oxidation sites excluding steroid dienone is 1. The first-order valence-corrected chi connectivity index (χ1v) is 9.66. The number of anilines is 1. The fourth-order valence-corrected chi connectivity index (χ4v) is 3.61. The van der Waals surface area contributed by atoms with Crippen molar-refractivity contribution in [2.75, 3.05) is 37.6 Å². The number of nitrogens with zero attached hydrogens (tertiary/aromatic N) is 5. The summed E-state index contributed by atoms with van der Waals surface area (Å²) in [5, 5.41) is 4.62. The molecule has 6 nitrogen and oxygen atoms in total. The van der Waals surface area contributed by atoms with Crippen LogP contribution in [0.4, 0.5) is 5.82 Å². The minimum atomic E-state index is 0.811. The van der Waals surface area contributed by atoms with Gasteiger partial charge in [0.2, 0.25) is 0 Å². The molecule has 6 heteroatoms. The van der Waals surface area contributed by atoms with E-state index in [4.69, 9.17) is 9.97 Å². The van der Waals surface area contributed by atoms with Crippen LogP contribution in [0.1, 0.15) is 37.6 Å². The van der Waals surface area contributed by atoms with Crippen molar-refractivity contribution in [2.45, 2.75) is 32.6 Å². The van der Waals surface area contributed by atoms with E-state index in [0.717, 1.165) is 74.7 Å². The van der Waals surface area contributed by atoms with Gasteiger partial charge in [0, 0.05) is 56.1 Å². The Hall–Kier alpha value is -2.34. The Kier molecular flexibility index (Phi) is 5.20. The zero-order valence-corrected chi connectivity index (χ0v) is 15.4. The van der Waals surface area contributed by atoms with Crippen molar-refractivity contribution in [3.63, 3.8) is 0 Å². The van der Waals surface area contributed by atoms with E-state index in [1.807, 2.05) is 24.7 Å². The highest BCUT2D eigenvalue weighted by atomic mass is 15.2. The van der Waals surface area contributed by atoms with Crippen molar-refractivity contribution in [1.82, 2.24) is 20.3 Å². The van der Waals surface area contributed by atoms with Gasteiger partial charge in [-0.2, -0.15) is 0 Å². The molecule has 26 heavy (non-hydrogen) atoms. The molecule has 0 unspecified atom stereocenters. The van der Waals surface area contributed by atoms with Crippen molar-refractivity contribution < 1.29 is 0 Å². The van der Waals surface area contributed by atoms with E-state index < -0.39 is 0 Å². The number of aryl methyl sites for hydroxylation is 1. The number of unbranched alkanes of at least 4 members (excludes halogenated alkanes) is 1. The summed E-state index contributed by atoms with van der Waals surface area (Å²) in [4.78, 5) is 21.1. The highest BCUT2D eigenvalue weighted by Crippen LogP contribution is 2.30. The average Bonchev–Trinajstić information content (AvgIpc) is 2.72. The van der Waals surface area contributed by atoms with Gasteiger partial charge >= 0.3 is 0 Å². The summed E-state index contributed by atoms with van der Waals surface area (Å²) in [5.41, 5.74) is 3.39. The number of fused-ring (bicyclic) bond motifs is 1. The Morgan fingerprint density at radius 3 is 2.81 bits per heavy atom. The number of aliphatic imine (C=N–C) groups is 1.